The van der Waals surface area contributed by atoms with Crippen LogP contribution in [-0.4, -0.2) is 29.9 Å². The van der Waals surface area contributed by atoms with Gasteiger partial charge in [0.25, 0.3) is 5.91 Å². The molecule has 1 aromatic heterocycles. The highest BCUT2D eigenvalue weighted by Crippen LogP contribution is 2.23. The Bertz CT molecular complexity index is 1090. The Kier molecular flexibility index (Phi) is 4.97. The van der Waals surface area contributed by atoms with Gasteiger partial charge in [-0.15, -0.1) is 0 Å². The van der Waals surface area contributed by atoms with E-state index < -0.39 is 10.0 Å². The molecule has 1 amide bonds. The summed E-state index contributed by atoms with van der Waals surface area (Å²) in [5.41, 5.74) is 1.95. The Morgan fingerprint density at radius 2 is 1.96 bits per heavy atom. The van der Waals surface area contributed by atoms with Crippen molar-refractivity contribution in [2.24, 2.45) is 0 Å². The first-order valence-corrected chi connectivity index (χ1v) is 10.5. The van der Waals surface area contributed by atoms with E-state index >= 15 is 0 Å². The third kappa shape index (κ3) is 4.47. The summed E-state index contributed by atoms with van der Waals surface area (Å²) in [6.07, 6.45) is 7.02. The van der Waals surface area contributed by atoms with Crippen molar-refractivity contribution in [1.82, 2.24) is 14.3 Å². The van der Waals surface area contributed by atoms with Crippen LogP contribution in [0.2, 0.25) is 0 Å². The maximum Gasteiger partial charge on any atom is 0.255 e. The first-order valence-electron chi connectivity index (χ1n) is 8.98. The SMILES string of the molecule is O=C(Nc1cccc(Cn2ccnc2)c1)c1cccc(S(=O)(=O)NC2CC2)c1. The predicted octanol–water partition coefficient (Wildman–Crippen LogP) is 2.62. The van der Waals surface area contributed by atoms with Crippen molar-refractivity contribution in [3.05, 3.63) is 78.4 Å². The second kappa shape index (κ2) is 7.57. The summed E-state index contributed by atoms with van der Waals surface area (Å²) in [5, 5.41) is 2.83. The molecule has 8 heteroatoms. The zero-order valence-corrected chi connectivity index (χ0v) is 15.9. The first-order chi connectivity index (χ1) is 13.5. The number of aromatic nitrogens is 2. The minimum absolute atomic E-state index is 0.0146. The normalized spacial score (nSPS) is 14.0. The van der Waals surface area contributed by atoms with Gasteiger partial charge in [-0.1, -0.05) is 18.2 Å². The van der Waals surface area contributed by atoms with Gasteiger partial charge in [-0.05, 0) is 48.7 Å². The molecule has 1 aliphatic rings. The number of rotatable bonds is 7. The second-order valence-electron chi connectivity index (χ2n) is 6.81. The fourth-order valence-electron chi connectivity index (χ4n) is 2.83. The van der Waals surface area contributed by atoms with Gasteiger partial charge in [0.1, 0.15) is 0 Å². The van der Waals surface area contributed by atoms with Crippen molar-refractivity contribution in [2.45, 2.75) is 30.3 Å². The molecule has 4 rings (SSSR count). The van der Waals surface area contributed by atoms with E-state index in [4.69, 9.17) is 0 Å². The van der Waals surface area contributed by atoms with Crippen LogP contribution >= 0.6 is 0 Å². The van der Waals surface area contributed by atoms with Gasteiger partial charge in [-0.25, -0.2) is 18.1 Å². The molecule has 1 aliphatic carbocycles. The zero-order chi connectivity index (χ0) is 19.6. The Morgan fingerprint density at radius 1 is 1.14 bits per heavy atom. The zero-order valence-electron chi connectivity index (χ0n) is 15.1. The lowest BCUT2D eigenvalue weighted by atomic mass is 10.1. The fourth-order valence-corrected chi connectivity index (χ4v) is 4.19. The summed E-state index contributed by atoms with van der Waals surface area (Å²) in [5.74, 6) is -0.358. The van der Waals surface area contributed by atoms with Gasteiger partial charge in [-0.2, -0.15) is 0 Å². The van der Waals surface area contributed by atoms with Gasteiger partial charge >= 0.3 is 0 Å². The van der Waals surface area contributed by atoms with Crippen molar-refractivity contribution in [3.8, 4) is 0 Å². The van der Waals surface area contributed by atoms with Crippen molar-refractivity contribution in [3.63, 3.8) is 0 Å². The lowest BCUT2D eigenvalue weighted by Crippen LogP contribution is -2.26. The minimum atomic E-state index is -3.60. The Balaban J connectivity index is 1.48. The highest BCUT2D eigenvalue weighted by atomic mass is 32.2. The molecule has 0 bridgehead atoms. The van der Waals surface area contributed by atoms with Crippen molar-refractivity contribution < 1.29 is 13.2 Å². The Morgan fingerprint density at radius 3 is 2.71 bits per heavy atom. The lowest BCUT2D eigenvalue weighted by molar-refractivity contribution is 0.102. The van der Waals surface area contributed by atoms with E-state index in [1.54, 1.807) is 30.7 Å². The van der Waals surface area contributed by atoms with Crippen molar-refractivity contribution in [1.29, 1.82) is 0 Å². The average molecular weight is 396 g/mol. The van der Waals surface area contributed by atoms with E-state index in [-0.39, 0.29) is 16.8 Å². The third-order valence-electron chi connectivity index (χ3n) is 4.41. The number of nitrogens with zero attached hydrogens (tertiary/aromatic N) is 2. The molecule has 1 fully saturated rings. The Hall–Kier alpha value is -2.97. The first kappa shape index (κ1) is 18.4. The number of hydrogen-bond donors (Lipinski definition) is 2. The van der Waals surface area contributed by atoms with E-state index in [2.05, 4.69) is 15.0 Å². The number of carbonyl (C=O) groups excluding carboxylic acids is 1. The molecular formula is C20H20N4O3S. The van der Waals surface area contributed by atoms with Crippen LogP contribution in [0.3, 0.4) is 0 Å². The number of amides is 1. The molecule has 0 atom stereocenters. The summed E-state index contributed by atoms with van der Waals surface area (Å²) in [6.45, 7) is 0.643. The summed E-state index contributed by atoms with van der Waals surface area (Å²) in [4.78, 5) is 16.7. The van der Waals surface area contributed by atoms with Crippen LogP contribution in [0.1, 0.15) is 28.8 Å². The van der Waals surface area contributed by atoms with Gasteiger partial charge in [0.2, 0.25) is 10.0 Å². The van der Waals surface area contributed by atoms with E-state index in [1.807, 2.05) is 29.0 Å². The predicted molar refractivity (Wildman–Crippen MR) is 106 cm³/mol. The molecule has 2 aromatic carbocycles. The molecule has 0 saturated heterocycles. The van der Waals surface area contributed by atoms with Gasteiger partial charge in [-0.3, -0.25) is 4.79 Å². The van der Waals surface area contributed by atoms with Gasteiger partial charge in [0, 0.05) is 36.2 Å². The molecule has 3 aromatic rings. The molecule has 1 heterocycles. The third-order valence-corrected chi connectivity index (χ3v) is 5.93. The molecule has 0 radical (unpaired) electrons. The summed E-state index contributed by atoms with van der Waals surface area (Å²) in [7, 11) is -3.60. The number of hydrogen-bond acceptors (Lipinski definition) is 4. The van der Waals surface area contributed by atoms with Crippen LogP contribution < -0.4 is 10.0 Å². The largest absolute Gasteiger partial charge is 0.333 e. The molecule has 0 unspecified atom stereocenters. The van der Waals surface area contributed by atoms with Crippen LogP contribution in [0.15, 0.2) is 72.1 Å². The smallest absolute Gasteiger partial charge is 0.255 e. The lowest BCUT2D eigenvalue weighted by Gasteiger charge is -2.10. The average Bonchev–Trinajstić information content (AvgIpc) is 3.33. The van der Waals surface area contributed by atoms with Crippen molar-refractivity contribution >= 4 is 21.6 Å². The highest BCUT2D eigenvalue weighted by Gasteiger charge is 2.28. The second-order valence-corrected chi connectivity index (χ2v) is 8.53. The monoisotopic (exact) mass is 396 g/mol. The van der Waals surface area contributed by atoms with Crippen LogP contribution in [0.5, 0.6) is 0 Å². The summed E-state index contributed by atoms with van der Waals surface area (Å²) >= 11 is 0. The maximum absolute atomic E-state index is 12.6. The Labute approximate surface area is 163 Å². The molecular weight excluding hydrogens is 376 g/mol. The summed E-state index contributed by atoms with van der Waals surface area (Å²) < 4.78 is 29.3. The number of carbonyl (C=O) groups is 1. The van der Waals surface area contributed by atoms with Gasteiger partial charge in [0.15, 0.2) is 0 Å². The van der Waals surface area contributed by atoms with E-state index in [0.29, 0.717) is 17.8 Å². The number of sulfonamides is 1. The van der Waals surface area contributed by atoms with E-state index in [0.717, 1.165) is 18.4 Å². The molecule has 144 valence electrons. The molecule has 0 spiro atoms. The molecule has 1 saturated carbocycles. The minimum Gasteiger partial charge on any atom is -0.333 e. The number of anilines is 1. The van der Waals surface area contributed by atoms with E-state index in [9.17, 15) is 13.2 Å². The fraction of sp³-hybridized carbons (Fsp3) is 0.200. The van der Waals surface area contributed by atoms with Crippen LogP contribution in [0, 0.1) is 0 Å². The van der Waals surface area contributed by atoms with Crippen LogP contribution in [0.25, 0.3) is 0 Å². The standard InChI is InChI=1S/C20H20N4O3S/c25-20(16-4-2-6-19(12-16)28(26,27)23-17-7-8-17)22-18-5-1-3-15(11-18)13-24-10-9-21-14-24/h1-6,9-12,14,17,23H,7-8,13H2,(H,22,25). The van der Waals surface area contributed by atoms with Crippen LogP contribution in [-0.2, 0) is 16.6 Å². The van der Waals surface area contributed by atoms with Crippen LogP contribution in [0.4, 0.5) is 5.69 Å². The molecule has 7 nitrogen and oxygen atoms in total. The number of benzene rings is 2. The maximum atomic E-state index is 12.6. The summed E-state index contributed by atoms with van der Waals surface area (Å²) in [6, 6.07) is 13.6. The molecule has 2 N–H and O–H groups in total. The topological polar surface area (TPSA) is 93.1 Å². The number of nitrogens with one attached hydrogen (secondary N) is 2. The number of imidazole rings is 1. The quantitative estimate of drug-likeness (QED) is 0.642. The molecule has 0 aliphatic heterocycles. The van der Waals surface area contributed by atoms with Gasteiger partial charge < -0.3 is 9.88 Å². The highest BCUT2D eigenvalue weighted by molar-refractivity contribution is 7.89. The van der Waals surface area contributed by atoms with Crippen molar-refractivity contribution in [2.75, 3.05) is 5.32 Å². The van der Waals surface area contributed by atoms with E-state index in [1.165, 1.54) is 12.1 Å². The van der Waals surface area contributed by atoms with Gasteiger partial charge in [0.05, 0.1) is 11.2 Å². The molecule has 28 heavy (non-hydrogen) atoms.